The molecule has 0 aliphatic carbocycles. The van der Waals surface area contributed by atoms with Gasteiger partial charge in [0.2, 0.25) is 0 Å². The highest BCUT2D eigenvalue weighted by molar-refractivity contribution is 5.76. The Morgan fingerprint density at radius 1 is 0.458 bits per heavy atom. The fourth-order valence-corrected chi connectivity index (χ4v) is 7.69. The van der Waals surface area contributed by atoms with Crippen LogP contribution in [-0.4, -0.2) is 76.5 Å². The van der Waals surface area contributed by atoms with Gasteiger partial charge in [-0.1, -0.05) is 156 Å². The van der Waals surface area contributed by atoms with Crippen LogP contribution in [0.2, 0.25) is 0 Å². The molecule has 0 radical (unpaired) electrons. The Hall–Kier alpha value is -1.67. The molecule has 0 N–H and O–H groups in total. The molecule has 2 unspecified atom stereocenters. The van der Waals surface area contributed by atoms with E-state index in [9.17, 15) is 14.4 Å². The average molecular weight is 838 g/mol. The van der Waals surface area contributed by atoms with Crippen molar-refractivity contribution < 1.29 is 33.3 Å². The summed E-state index contributed by atoms with van der Waals surface area (Å²) in [7, 11) is 4.02. The van der Waals surface area contributed by atoms with Crippen molar-refractivity contribution in [3.8, 4) is 0 Å². The van der Waals surface area contributed by atoms with E-state index in [1.165, 1.54) is 89.9 Å². The summed E-state index contributed by atoms with van der Waals surface area (Å²) >= 11 is 0. The molecule has 0 aromatic rings. The van der Waals surface area contributed by atoms with Crippen molar-refractivity contribution >= 4 is 17.9 Å². The Balaban J connectivity index is 4.68. The van der Waals surface area contributed by atoms with Gasteiger partial charge in [0.25, 0.3) is 0 Å². The zero-order valence-corrected chi connectivity index (χ0v) is 40.5. The van der Waals surface area contributed by atoms with Gasteiger partial charge in [-0.25, -0.2) is 0 Å². The first kappa shape index (κ1) is 57.3. The van der Waals surface area contributed by atoms with Crippen LogP contribution in [-0.2, 0) is 33.3 Å². The number of likely N-dealkylation sites (N-methyl/N-ethyl adjacent to an activating group) is 1. The number of nitrogens with zero attached hydrogens (tertiary/aromatic N) is 1. The topological polar surface area (TPSA) is 91.4 Å². The van der Waals surface area contributed by atoms with E-state index in [1.54, 1.807) is 0 Å². The van der Waals surface area contributed by atoms with Gasteiger partial charge in [0.15, 0.2) is 0 Å². The maximum absolute atomic E-state index is 13.1. The summed E-state index contributed by atoms with van der Waals surface area (Å²) < 4.78 is 23.2. The fraction of sp³-hybridized carbons (Fsp3) is 0.941. The molecule has 8 nitrogen and oxygen atoms in total. The standard InChI is InChI=1S/C51H99NO7/c1-9-13-17-25-33-45(31-15-11-3)41-57-48(53)37-29-23-19-21-27-35-47(43-59-50(55)51(5,6)44-56-40-39-52(7)8)36-28-22-20-24-30-38-49(54)58-42-46(32-16-12-4)34-26-18-14-10-2/h45-47H,9-44H2,1-8H3. The molecule has 0 spiro atoms. The third-order valence-electron chi connectivity index (χ3n) is 12.0. The lowest BCUT2D eigenvalue weighted by atomic mass is 9.93. The lowest BCUT2D eigenvalue weighted by molar-refractivity contribution is -0.159. The van der Waals surface area contributed by atoms with Crippen LogP contribution < -0.4 is 0 Å². The molecular formula is C51H99NO7. The molecule has 2 atom stereocenters. The third kappa shape index (κ3) is 36.7. The molecule has 8 heteroatoms. The molecule has 350 valence electrons. The first-order chi connectivity index (χ1) is 28.5. The molecule has 0 aliphatic rings. The highest BCUT2D eigenvalue weighted by Gasteiger charge is 2.30. The highest BCUT2D eigenvalue weighted by atomic mass is 16.5. The van der Waals surface area contributed by atoms with Crippen molar-refractivity contribution in [3.05, 3.63) is 0 Å². The van der Waals surface area contributed by atoms with Crippen LogP contribution in [0.1, 0.15) is 234 Å². The number of rotatable bonds is 44. The largest absolute Gasteiger partial charge is 0.465 e. The van der Waals surface area contributed by atoms with E-state index < -0.39 is 5.41 Å². The summed E-state index contributed by atoms with van der Waals surface area (Å²) in [6.07, 6.45) is 33.2. The van der Waals surface area contributed by atoms with Crippen molar-refractivity contribution in [1.82, 2.24) is 4.90 Å². The molecule has 0 saturated heterocycles. The smallest absolute Gasteiger partial charge is 0.313 e. The van der Waals surface area contributed by atoms with Crippen molar-refractivity contribution in [1.29, 1.82) is 0 Å². The maximum atomic E-state index is 13.1. The van der Waals surface area contributed by atoms with Crippen LogP contribution in [0.15, 0.2) is 0 Å². The first-order valence-corrected chi connectivity index (χ1v) is 25.2. The van der Waals surface area contributed by atoms with E-state index in [2.05, 4.69) is 32.6 Å². The summed E-state index contributed by atoms with van der Waals surface area (Å²) in [6, 6.07) is 0. The Kier molecular flexibility index (Phi) is 39.3. The molecule has 0 saturated carbocycles. The molecule has 0 aliphatic heterocycles. The zero-order chi connectivity index (χ0) is 43.8. The SMILES string of the molecule is CCCCCCC(CCCC)COC(=O)CCCCCCCC(CCCCCCCC(=O)OCC(CCCC)CCCCCC)COC(=O)C(C)(C)COCCN(C)C. The van der Waals surface area contributed by atoms with Gasteiger partial charge in [-0.15, -0.1) is 0 Å². The molecule has 59 heavy (non-hydrogen) atoms. The summed E-state index contributed by atoms with van der Waals surface area (Å²) in [4.78, 5) is 40.2. The Morgan fingerprint density at radius 3 is 1.19 bits per heavy atom. The predicted molar refractivity (Wildman–Crippen MR) is 248 cm³/mol. The van der Waals surface area contributed by atoms with Gasteiger partial charge in [0.1, 0.15) is 0 Å². The van der Waals surface area contributed by atoms with Crippen LogP contribution in [0.5, 0.6) is 0 Å². The van der Waals surface area contributed by atoms with Gasteiger partial charge in [0.05, 0.1) is 38.4 Å². The van der Waals surface area contributed by atoms with Crippen molar-refractivity contribution in [3.63, 3.8) is 0 Å². The van der Waals surface area contributed by atoms with E-state index in [-0.39, 0.29) is 17.9 Å². The molecule has 0 bridgehead atoms. The first-order valence-electron chi connectivity index (χ1n) is 25.2. The van der Waals surface area contributed by atoms with Crippen molar-refractivity contribution in [2.75, 3.05) is 53.7 Å². The maximum Gasteiger partial charge on any atom is 0.313 e. The second-order valence-electron chi connectivity index (χ2n) is 18.9. The quantitative estimate of drug-likeness (QED) is 0.0340. The van der Waals surface area contributed by atoms with E-state index >= 15 is 0 Å². The average Bonchev–Trinajstić information content (AvgIpc) is 3.21. The third-order valence-corrected chi connectivity index (χ3v) is 12.0. The summed E-state index contributed by atoms with van der Waals surface area (Å²) in [5, 5.41) is 0. The molecule has 0 aromatic heterocycles. The van der Waals surface area contributed by atoms with Gasteiger partial charge >= 0.3 is 17.9 Å². The van der Waals surface area contributed by atoms with Crippen LogP contribution >= 0.6 is 0 Å². The second kappa shape index (κ2) is 40.4. The number of ether oxygens (including phenoxy) is 4. The number of unbranched alkanes of at least 4 members (excludes halogenated alkanes) is 16. The van der Waals surface area contributed by atoms with E-state index in [0.29, 0.717) is 63.6 Å². The van der Waals surface area contributed by atoms with Gasteiger partial charge in [-0.2, -0.15) is 0 Å². The van der Waals surface area contributed by atoms with Gasteiger partial charge in [-0.3, -0.25) is 14.4 Å². The minimum atomic E-state index is -0.685. The Morgan fingerprint density at radius 2 is 0.797 bits per heavy atom. The minimum absolute atomic E-state index is 0.0349. The van der Waals surface area contributed by atoms with Gasteiger partial charge in [-0.05, 0) is 97.1 Å². The normalized spacial score (nSPS) is 13.4. The lowest BCUT2D eigenvalue weighted by Crippen LogP contribution is -2.33. The van der Waals surface area contributed by atoms with Gasteiger partial charge in [0, 0.05) is 19.4 Å². The number of hydrogen-bond acceptors (Lipinski definition) is 8. The van der Waals surface area contributed by atoms with E-state index in [1.807, 2.05) is 27.9 Å². The minimum Gasteiger partial charge on any atom is -0.465 e. The van der Waals surface area contributed by atoms with Crippen LogP contribution in [0.25, 0.3) is 0 Å². The van der Waals surface area contributed by atoms with Crippen LogP contribution in [0.3, 0.4) is 0 Å². The van der Waals surface area contributed by atoms with Crippen molar-refractivity contribution in [2.45, 2.75) is 234 Å². The molecule has 0 aromatic carbocycles. The summed E-state index contributed by atoms with van der Waals surface area (Å²) in [6.45, 7) is 16.1. The molecule has 0 heterocycles. The lowest BCUT2D eigenvalue weighted by Gasteiger charge is -2.25. The fourth-order valence-electron chi connectivity index (χ4n) is 7.69. The van der Waals surface area contributed by atoms with Crippen LogP contribution in [0, 0.1) is 23.2 Å². The van der Waals surface area contributed by atoms with E-state index in [4.69, 9.17) is 18.9 Å². The number of carbonyl (C=O) groups is 3. The van der Waals surface area contributed by atoms with Crippen molar-refractivity contribution in [2.24, 2.45) is 23.2 Å². The summed E-state index contributed by atoms with van der Waals surface area (Å²) in [5.74, 6) is 1.09. The molecule has 0 amide bonds. The zero-order valence-electron chi connectivity index (χ0n) is 40.5. The second-order valence-corrected chi connectivity index (χ2v) is 18.9. The molecule has 0 fully saturated rings. The van der Waals surface area contributed by atoms with E-state index in [0.717, 1.165) is 96.4 Å². The number of carbonyl (C=O) groups excluding carboxylic acids is 3. The monoisotopic (exact) mass is 838 g/mol. The molecule has 0 rings (SSSR count). The predicted octanol–water partition coefficient (Wildman–Crippen LogP) is 13.9. The Bertz CT molecular complexity index is 916. The Labute approximate surface area is 366 Å². The van der Waals surface area contributed by atoms with Gasteiger partial charge < -0.3 is 23.8 Å². The molecular weight excluding hydrogens is 739 g/mol. The number of esters is 3. The van der Waals surface area contributed by atoms with Crippen LogP contribution in [0.4, 0.5) is 0 Å². The highest BCUT2D eigenvalue weighted by Crippen LogP contribution is 2.24. The number of hydrogen-bond donors (Lipinski definition) is 0. The summed E-state index contributed by atoms with van der Waals surface area (Å²) in [5.41, 5.74) is -0.685.